The summed E-state index contributed by atoms with van der Waals surface area (Å²) in [4.78, 5) is 32.6. The van der Waals surface area contributed by atoms with E-state index in [1.54, 1.807) is 37.5 Å². The van der Waals surface area contributed by atoms with Gasteiger partial charge in [-0.25, -0.2) is 9.78 Å². The molecule has 0 radical (unpaired) electrons. The number of anilines is 1. The summed E-state index contributed by atoms with van der Waals surface area (Å²) in [5, 5.41) is 28.0. The Morgan fingerprint density at radius 1 is 1.23 bits per heavy atom. The van der Waals surface area contributed by atoms with Crippen molar-refractivity contribution >= 4 is 29.4 Å². The Morgan fingerprint density at radius 2 is 1.94 bits per heavy atom. The summed E-state index contributed by atoms with van der Waals surface area (Å²) < 4.78 is 0. The van der Waals surface area contributed by atoms with Crippen molar-refractivity contribution in [1.82, 2.24) is 14.8 Å². The number of rotatable bonds is 5. The Kier molecular flexibility index (Phi) is 6.95. The highest BCUT2D eigenvalue weighted by atomic mass is 35.5. The zero-order valence-electron chi connectivity index (χ0n) is 17.0. The van der Waals surface area contributed by atoms with E-state index in [0.717, 1.165) is 0 Å². The number of aromatic nitrogens is 1. The standard InChI is InChI=1S/C21H22ClN5O4/c1-25(8-9-28)20(29)17-3-2-14(11-18(17)22)16-10-15(12-23)19(24-13-16)26-4-6-27(7-5-26)21(30)31/h2-3,10-11,13,28H,4-9H2,1H3,(H,30,31). The zero-order valence-corrected chi connectivity index (χ0v) is 17.7. The molecule has 1 saturated heterocycles. The molecule has 2 heterocycles. The van der Waals surface area contributed by atoms with Gasteiger partial charge < -0.3 is 24.9 Å². The number of nitrogens with zero attached hydrogens (tertiary/aromatic N) is 5. The molecule has 0 atom stereocenters. The van der Waals surface area contributed by atoms with Crippen LogP contribution in [0, 0.1) is 11.3 Å². The van der Waals surface area contributed by atoms with E-state index < -0.39 is 6.09 Å². The van der Waals surface area contributed by atoms with E-state index in [1.165, 1.54) is 9.80 Å². The highest BCUT2D eigenvalue weighted by Crippen LogP contribution is 2.29. The van der Waals surface area contributed by atoms with Gasteiger partial charge in [-0.15, -0.1) is 0 Å². The van der Waals surface area contributed by atoms with Gasteiger partial charge in [0, 0.05) is 51.5 Å². The van der Waals surface area contributed by atoms with E-state index in [1.807, 2.05) is 4.90 Å². The smallest absolute Gasteiger partial charge is 0.407 e. The van der Waals surface area contributed by atoms with Gasteiger partial charge in [-0.05, 0) is 23.8 Å². The van der Waals surface area contributed by atoms with Gasteiger partial charge in [0.05, 0.1) is 22.8 Å². The molecule has 2 N–H and O–H groups in total. The number of hydrogen-bond donors (Lipinski definition) is 2. The Labute approximate surface area is 184 Å². The van der Waals surface area contributed by atoms with Gasteiger partial charge in [-0.1, -0.05) is 17.7 Å². The summed E-state index contributed by atoms with van der Waals surface area (Å²) >= 11 is 6.33. The van der Waals surface area contributed by atoms with E-state index in [2.05, 4.69) is 11.1 Å². The average Bonchev–Trinajstić information content (AvgIpc) is 2.78. The van der Waals surface area contributed by atoms with Crippen LogP contribution in [0.5, 0.6) is 0 Å². The molecule has 0 bridgehead atoms. The van der Waals surface area contributed by atoms with Gasteiger partial charge in [0.1, 0.15) is 11.9 Å². The van der Waals surface area contributed by atoms with Gasteiger partial charge in [0.2, 0.25) is 0 Å². The predicted molar refractivity (Wildman–Crippen MR) is 115 cm³/mol. The van der Waals surface area contributed by atoms with Crippen LogP contribution in [-0.4, -0.2) is 83.4 Å². The van der Waals surface area contributed by atoms with E-state index >= 15 is 0 Å². The lowest BCUT2D eigenvalue weighted by Crippen LogP contribution is -2.48. The average molecular weight is 444 g/mol. The number of piperazine rings is 1. The second-order valence-corrected chi connectivity index (χ2v) is 7.52. The van der Waals surface area contributed by atoms with Crippen LogP contribution in [0.15, 0.2) is 30.5 Å². The number of carbonyl (C=O) groups excluding carboxylic acids is 1. The number of benzene rings is 1. The molecule has 2 aromatic rings. The molecule has 0 unspecified atom stereocenters. The van der Waals surface area contributed by atoms with Gasteiger partial charge in [-0.3, -0.25) is 4.79 Å². The van der Waals surface area contributed by atoms with Gasteiger partial charge >= 0.3 is 6.09 Å². The van der Waals surface area contributed by atoms with Gasteiger partial charge in [0.15, 0.2) is 0 Å². The minimum Gasteiger partial charge on any atom is -0.465 e. The summed E-state index contributed by atoms with van der Waals surface area (Å²) in [6, 6.07) is 8.85. The number of carbonyl (C=O) groups is 2. The second-order valence-electron chi connectivity index (χ2n) is 7.11. The Balaban J connectivity index is 1.83. The Bertz CT molecular complexity index is 1030. The van der Waals surface area contributed by atoms with Crippen LogP contribution < -0.4 is 4.90 Å². The molecule has 2 amide bonds. The molecule has 1 fully saturated rings. The molecule has 1 aromatic heterocycles. The van der Waals surface area contributed by atoms with Crippen LogP contribution in [-0.2, 0) is 0 Å². The third-order valence-corrected chi connectivity index (χ3v) is 5.46. The van der Waals surface area contributed by atoms with Crippen LogP contribution in [0.2, 0.25) is 5.02 Å². The summed E-state index contributed by atoms with van der Waals surface area (Å²) in [6.07, 6.45) is 0.676. The highest BCUT2D eigenvalue weighted by Gasteiger charge is 2.23. The topological polar surface area (TPSA) is 121 Å². The van der Waals surface area contributed by atoms with Gasteiger partial charge in [0.25, 0.3) is 5.91 Å². The third kappa shape index (κ3) is 4.87. The fourth-order valence-corrected chi connectivity index (χ4v) is 3.65. The summed E-state index contributed by atoms with van der Waals surface area (Å²) in [7, 11) is 1.58. The van der Waals surface area contributed by atoms with Crippen molar-refractivity contribution in [2.45, 2.75) is 0 Å². The first-order valence-corrected chi connectivity index (χ1v) is 10.0. The minimum atomic E-state index is -0.954. The number of nitriles is 1. The number of likely N-dealkylation sites (N-methyl/N-ethyl adjacent to an activating group) is 1. The lowest BCUT2D eigenvalue weighted by Gasteiger charge is -2.34. The lowest BCUT2D eigenvalue weighted by molar-refractivity contribution is 0.0767. The predicted octanol–water partition coefficient (Wildman–Crippen LogP) is 2.14. The number of halogens is 1. The van der Waals surface area contributed by atoms with Crippen molar-refractivity contribution in [3.8, 4) is 17.2 Å². The molecule has 0 spiro atoms. The Hall–Kier alpha value is -3.35. The van der Waals surface area contributed by atoms with Crippen LogP contribution in [0.1, 0.15) is 15.9 Å². The van der Waals surface area contributed by atoms with Crippen LogP contribution in [0.25, 0.3) is 11.1 Å². The molecular weight excluding hydrogens is 422 g/mol. The molecule has 1 aliphatic heterocycles. The molecule has 31 heavy (non-hydrogen) atoms. The SMILES string of the molecule is CN(CCO)C(=O)c1ccc(-c2cnc(N3CCN(C(=O)O)CC3)c(C#N)c2)cc1Cl. The number of aliphatic hydroxyl groups excluding tert-OH is 1. The highest BCUT2D eigenvalue weighted by molar-refractivity contribution is 6.34. The fourth-order valence-electron chi connectivity index (χ4n) is 3.38. The zero-order chi connectivity index (χ0) is 22.5. The van der Waals surface area contributed by atoms with Crippen molar-refractivity contribution in [3.05, 3.63) is 46.6 Å². The molecule has 1 aliphatic rings. The first kappa shape index (κ1) is 22.3. The van der Waals surface area contributed by atoms with Crippen molar-refractivity contribution < 1.29 is 19.8 Å². The maximum atomic E-state index is 12.4. The van der Waals surface area contributed by atoms with E-state index in [9.17, 15) is 14.9 Å². The third-order valence-electron chi connectivity index (χ3n) is 5.15. The molecule has 3 rings (SSSR count). The monoisotopic (exact) mass is 443 g/mol. The van der Waals surface area contributed by atoms with Gasteiger partial charge in [-0.2, -0.15) is 5.26 Å². The number of aliphatic hydroxyl groups is 1. The van der Waals surface area contributed by atoms with Crippen molar-refractivity contribution in [2.75, 3.05) is 51.3 Å². The number of carboxylic acid groups (broad SMARTS) is 1. The molecule has 9 nitrogen and oxygen atoms in total. The largest absolute Gasteiger partial charge is 0.465 e. The molecule has 0 saturated carbocycles. The normalized spacial score (nSPS) is 13.6. The maximum Gasteiger partial charge on any atom is 0.407 e. The van der Waals surface area contributed by atoms with Crippen LogP contribution in [0.3, 0.4) is 0 Å². The Morgan fingerprint density at radius 3 is 2.52 bits per heavy atom. The van der Waals surface area contributed by atoms with Crippen molar-refractivity contribution in [3.63, 3.8) is 0 Å². The number of hydrogen-bond acceptors (Lipinski definition) is 6. The van der Waals surface area contributed by atoms with Crippen LogP contribution >= 0.6 is 11.6 Å². The summed E-state index contributed by atoms with van der Waals surface area (Å²) in [5.74, 6) is 0.220. The summed E-state index contributed by atoms with van der Waals surface area (Å²) in [5.41, 5.74) is 2.08. The number of amides is 2. The molecule has 162 valence electrons. The molecule has 10 heteroatoms. The van der Waals surface area contributed by atoms with E-state index in [-0.39, 0.29) is 24.1 Å². The first-order valence-electron chi connectivity index (χ1n) is 9.65. The summed E-state index contributed by atoms with van der Waals surface area (Å²) in [6.45, 7) is 1.67. The molecule has 0 aliphatic carbocycles. The first-order chi connectivity index (χ1) is 14.8. The van der Waals surface area contributed by atoms with E-state index in [4.69, 9.17) is 21.8 Å². The van der Waals surface area contributed by atoms with Crippen molar-refractivity contribution in [1.29, 1.82) is 5.26 Å². The molecular formula is C21H22ClN5O4. The lowest BCUT2D eigenvalue weighted by atomic mass is 10.0. The maximum absolute atomic E-state index is 12.4. The van der Waals surface area contributed by atoms with Crippen molar-refractivity contribution in [2.24, 2.45) is 0 Å². The number of pyridine rings is 1. The minimum absolute atomic E-state index is 0.141. The molecule has 1 aromatic carbocycles. The van der Waals surface area contributed by atoms with Crippen LogP contribution in [0.4, 0.5) is 10.6 Å². The second kappa shape index (κ2) is 9.64. The van der Waals surface area contributed by atoms with E-state index in [0.29, 0.717) is 54.3 Å². The fraction of sp³-hybridized carbons (Fsp3) is 0.333. The quantitative estimate of drug-likeness (QED) is 0.726.